The van der Waals surface area contributed by atoms with Gasteiger partial charge < -0.3 is 10.4 Å². The first-order chi connectivity index (χ1) is 8.82. The lowest BCUT2D eigenvalue weighted by molar-refractivity contribution is -0.137. The number of aliphatic carboxylic acids is 1. The second-order valence-corrected chi connectivity index (χ2v) is 4.47. The number of hydrogen-bond acceptors (Lipinski definition) is 2. The van der Waals surface area contributed by atoms with Crippen LogP contribution in [0.4, 0.5) is 8.78 Å². The Morgan fingerprint density at radius 3 is 2.58 bits per heavy atom. The molecule has 0 aliphatic heterocycles. The SMILES string of the molecule is Cc1ccc(F)c(C(=O)NCC(C)CC(=O)O)c1F. The van der Waals surface area contributed by atoms with E-state index in [2.05, 4.69) is 5.32 Å². The average Bonchev–Trinajstić information content (AvgIpc) is 2.31. The highest BCUT2D eigenvalue weighted by Gasteiger charge is 2.19. The summed E-state index contributed by atoms with van der Waals surface area (Å²) in [4.78, 5) is 22.1. The van der Waals surface area contributed by atoms with Crippen LogP contribution in [0.15, 0.2) is 12.1 Å². The number of nitrogens with one attached hydrogen (secondary N) is 1. The fourth-order valence-electron chi connectivity index (χ4n) is 1.59. The molecule has 0 radical (unpaired) electrons. The van der Waals surface area contributed by atoms with Crippen LogP contribution < -0.4 is 5.32 Å². The number of amides is 1. The summed E-state index contributed by atoms with van der Waals surface area (Å²) in [7, 11) is 0. The molecule has 6 heteroatoms. The third kappa shape index (κ3) is 4.01. The normalized spacial score (nSPS) is 12.0. The van der Waals surface area contributed by atoms with Crippen molar-refractivity contribution < 1.29 is 23.5 Å². The molecular weight excluding hydrogens is 256 g/mol. The third-order valence-corrected chi connectivity index (χ3v) is 2.65. The molecule has 2 N–H and O–H groups in total. The highest BCUT2D eigenvalue weighted by atomic mass is 19.1. The van der Waals surface area contributed by atoms with Crippen molar-refractivity contribution in [1.29, 1.82) is 0 Å². The summed E-state index contributed by atoms with van der Waals surface area (Å²) in [5.41, 5.74) is -0.465. The lowest BCUT2D eigenvalue weighted by Crippen LogP contribution is -2.30. The van der Waals surface area contributed by atoms with Gasteiger partial charge in [0, 0.05) is 13.0 Å². The average molecular weight is 271 g/mol. The van der Waals surface area contributed by atoms with E-state index in [-0.39, 0.29) is 24.4 Å². The molecule has 1 amide bonds. The van der Waals surface area contributed by atoms with Gasteiger partial charge in [0.05, 0.1) is 0 Å². The number of carboxylic acids is 1. The Kier molecular flexibility index (Phi) is 4.97. The van der Waals surface area contributed by atoms with Gasteiger partial charge in [-0.05, 0) is 24.5 Å². The van der Waals surface area contributed by atoms with Crippen molar-refractivity contribution >= 4 is 11.9 Å². The molecule has 0 saturated heterocycles. The van der Waals surface area contributed by atoms with E-state index >= 15 is 0 Å². The second kappa shape index (κ2) is 6.26. The summed E-state index contributed by atoms with van der Waals surface area (Å²) in [6, 6.07) is 2.27. The van der Waals surface area contributed by atoms with E-state index in [0.717, 1.165) is 6.07 Å². The minimum atomic E-state index is -0.991. The molecule has 1 rings (SSSR count). The molecule has 0 aliphatic carbocycles. The number of carbonyl (C=O) groups excluding carboxylic acids is 1. The molecule has 0 fully saturated rings. The fourth-order valence-corrected chi connectivity index (χ4v) is 1.59. The third-order valence-electron chi connectivity index (χ3n) is 2.65. The minimum absolute atomic E-state index is 0.0396. The van der Waals surface area contributed by atoms with Crippen molar-refractivity contribution in [2.45, 2.75) is 20.3 Å². The summed E-state index contributed by atoms with van der Waals surface area (Å²) in [6.45, 7) is 3.09. The van der Waals surface area contributed by atoms with Crippen LogP contribution in [-0.4, -0.2) is 23.5 Å². The maximum atomic E-state index is 13.7. The lowest BCUT2D eigenvalue weighted by atomic mass is 10.1. The first kappa shape index (κ1) is 15.1. The molecule has 104 valence electrons. The number of aryl methyl sites for hydroxylation is 1. The van der Waals surface area contributed by atoms with Crippen LogP contribution in [0, 0.1) is 24.5 Å². The number of benzene rings is 1. The van der Waals surface area contributed by atoms with Gasteiger partial charge >= 0.3 is 5.97 Å². The minimum Gasteiger partial charge on any atom is -0.481 e. The van der Waals surface area contributed by atoms with Crippen LogP contribution in [0.25, 0.3) is 0 Å². The van der Waals surface area contributed by atoms with Gasteiger partial charge in [-0.25, -0.2) is 8.78 Å². The Bertz CT molecular complexity index is 503. The quantitative estimate of drug-likeness (QED) is 0.862. The fraction of sp³-hybridized carbons (Fsp3) is 0.385. The second-order valence-electron chi connectivity index (χ2n) is 4.47. The summed E-state index contributed by atoms with van der Waals surface area (Å²) in [5.74, 6) is -4.03. The summed E-state index contributed by atoms with van der Waals surface area (Å²) >= 11 is 0. The Balaban J connectivity index is 2.74. The van der Waals surface area contributed by atoms with E-state index in [9.17, 15) is 18.4 Å². The molecule has 1 aromatic rings. The van der Waals surface area contributed by atoms with Crippen molar-refractivity contribution in [1.82, 2.24) is 5.32 Å². The molecule has 1 atom stereocenters. The first-order valence-electron chi connectivity index (χ1n) is 5.77. The standard InChI is InChI=1S/C13H15F2NO3/c1-7(5-10(17)18)6-16-13(19)11-9(14)4-3-8(2)12(11)15/h3-4,7H,5-6H2,1-2H3,(H,16,19)(H,17,18). The molecule has 0 aromatic heterocycles. The van der Waals surface area contributed by atoms with Gasteiger partial charge in [-0.3, -0.25) is 9.59 Å². The van der Waals surface area contributed by atoms with E-state index in [4.69, 9.17) is 5.11 Å². The number of rotatable bonds is 5. The zero-order chi connectivity index (χ0) is 14.6. The number of carbonyl (C=O) groups is 2. The van der Waals surface area contributed by atoms with Gasteiger partial charge in [-0.2, -0.15) is 0 Å². The number of carboxylic acid groups (broad SMARTS) is 1. The highest BCUT2D eigenvalue weighted by Crippen LogP contribution is 2.16. The maximum Gasteiger partial charge on any atom is 0.303 e. The number of hydrogen-bond donors (Lipinski definition) is 2. The highest BCUT2D eigenvalue weighted by molar-refractivity contribution is 5.95. The topological polar surface area (TPSA) is 66.4 Å². The summed E-state index contributed by atoms with van der Waals surface area (Å²) in [6.07, 6.45) is -0.126. The van der Waals surface area contributed by atoms with E-state index in [0.29, 0.717) is 0 Å². The molecule has 0 spiro atoms. The largest absolute Gasteiger partial charge is 0.481 e. The van der Waals surface area contributed by atoms with E-state index in [1.807, 2.05) is 0 Å². The molecule has 0 aliphatic rings. The molecular formula is C13H15F2NO3. The molecule has 0 heterocycles. The predicted octanol–water partition coefficient (Wildman–Crippen LogP) is 2.11. The van der Waals surface area contributed by atoms with E-state index in [1.54, 1.807) is 6.92 Å². The van der Waals surface area contributed by atoms with Crippen LogP contribution >= 0.6 is 0 Å². The van der Waals surface area contributed by atoms with Gasteiger partial charge in [0.15, 0.2) is 0 Å². The predicted molar refractivity (Wildman–Crippen MR) is 64.8 cm³/mol. The molecule has 1 aromatic carbocycles. The molecule has 4 nitrogen and oxygen atoms in total. The molecule has 0 saturated carbocycles. The van der Waals surface area contributed by atoms with Crippen LogP contribution in [0.3, 0.4) is 0 Å². The smallest absolute Gasteiger partial charge is 0.303 e. The lowest BCUT2D eigenvalue weighted by Gasteiger charge is -2.12. The van der Waals surface area contributed by atoms with Gasteiger partial charge in [0.2, 0.25) is 0 Å². The van der Waals surface area contributed by atoms with Crippen LogP contribution in [0.2, 0.25) is 0 Å². The maximum absolute atomic E-state index is 13.7. The van der Waals surface area contributed by atoms with Gasteiger partial charge in [0.1, 0.15) is 17.2 Å². The van der Waals surface area contributed by atoms with Gasteiger partial charge in [-0.15, -0.1) is 0 Å². The Hall–Kier alpha value is -1.98. The van der Waals surface area contributed by atoms with Crippen molar-refractivity contribution in [3.63, 3.8) is 0 Å². The van der Waals surface area contributed by atoms with E-state index in [1.165, 1.54) is 13.0 Å². The van der Waals surface area contributed by atoms with Gasteiger partial charge in [-0.1, -0.05) is 13.0 Å². The van der Waals surface area contributed by atoms with Crippen LogP contribution in [-0.2, 0) is 4.79 Å². The summed E-state index contributed by atoms with van der Waals surface area (Å²) < 4.78 is 27.1. The van der Waals surface area contributed by atoms with Crippen molar-refractivity contribution in [3.05, 3.63) is 34.9 Å². The first-order valence-corrected chi connectivity index (χ1v) is 5.77. The van der Waals surface area contributed by atoms with Gasteiger partial charge in [0.25, 0.3) is 5.91 Å². The van der Waals surface area contributed by atoms with Crippen LogP contribution in [0.5, 0.6) is 0 Å². The molecule has 0 bridgehead atoms. The Morgan fingerprint density at radius 1 is 1.37 bits per heavy atom. The van der Waals surface area contributed by atoms with Crippen molar-refractivity contribution in [2.75, 3.05) is 6.54 Å². The van der Waals surface area contributed by atoms with Crippen molar-refractivity contribution in [2.24, 2.45) is 5.92 Å². The van der Waals surface area contributed by atoms with Crippen LogP contribution in [0.1, 0.15) is 29.3 Å². The Morgan fingerprint density at radius 2 is 2.00 bits per heavy atom. The van der Waals surface area contributed by atoms with Crippen molar-refractivity contribution in [3.8, 4) is 0 Å². The Labute approximate surface area is 109 Å². The summed E-state index contributed by atoms with van der Waals surface area (Å²) in [5, 5.41) is 10.9. The zero-order valence-electron chi connectivity index (χ0n) is 10.7. The number of halogens is 2. The molecule has 1 unspecified atom stereocenters. The van der Waals surface area contributed by atoms with E-state index < -0.39 is 29.1 Å². The monoisotopic (exact) mass is 271 g/mol. The molecule has 19 heavy (non-hydrogen) atoms. The zero-order valence-corrected chi connectivity index (χ0v) is 10.7.